The van der Waals surface area contributed by atoms with E-state index in [2.05, 4.69) is 0 Å². The number of sulfone groups is 1. The first-order valence-electron chi connectivity index (χ1n) is 7.61. The second-order valence-corrected chi connectivity index (χ2v) is 7.58. The molecule has 0 amide bonds. The molecule has 0 fully saturated rings. The molecule has 0 aliphatic heterocycles. The van der Waals surface area contributed by atoms with Crippen molar-refractivity contribution in [1.29, 1.82) is 5.26 Å². The summed E-state index contributed by atoms with van der Waals surface area (Å²) in [5.74, 6) is -13.0. The summed E-state index contributed by atoms with van der Waals surface area (Å²) in [4.78, 5) is 8.85. The van der Waals surface area contributed by atoms with Gasteiger partial charge in [-0.3, -0.25) is 10.1 Å². The van der Waals surface area contributed by atoms with Crippen LogP contribution in [-0.4, -0.2) is 20.5 Å². The number of nitriles is 1. The lowest BCUT2D eigenvalue weighted by molar-refractivity contribution is -0.385. The van der Waals surface area contributed by atoms with Crippen molar-refractivity contribution in [2.24, 2.45) is 0 Å². The lowest BCUT2D eigenvalue weighted by Gasteiger charge is -2.08. The summed E-state index contributed by atoms with van der Waals surface area (Å²) in [6, 6.07) is 4.17. The molecule has 0 aliphatic carbocycles. The fraction of sp³-hybridized carbons (Fsp3) is 0.118. The van der Waals surface area contributed by atoms with Gasteiger partial charge < -0.3 is 4.74 Å². The summed E-state index contributed by atoms with van der Waals surface area (Å²) in [6.07, 6.45) is 0.00351. The minimum absolute atomic E-state index is 0.00351. The number of hydrogen-bond donors (Lipinski definition) is 0. The van der Waals surface area contributed by atoms with E-state index in [0.29, 0.717) is 0 Å². The second-order valence-electron chi connectivity index (χ2n) is 5.63. The van der Waals surface area contributed by atoms with E-state index in [9.17, 15) is 40.5 Å². The Balaban J connectivity index is 2.56. The molecule has 0 saturated carbocycles. The Morgan fingerprint density at radius 3 is 2.13 bits per heavy atom. The SMILES string of the molecule is COc1ccc(CS(=O)(=O)C(C#N)=Cc2c(F)c(F)c(F)c(F)c2F)cc1[N+](=O)[O-]. The summed E-state index contributed by atoms with van der Waals surface area (Å²) in [5, 5.41) is 20.1. The van der Waals surface area contributed by atoms with Gasteiger partial charge in [-0.05, 0) is 17.7 Å². The van der Waals surface area contributed by atoms with Gasteiger partial charge in [0, 0.05) is 6.07 Å². The number of methoxy groups -OCH3 is 1. The number of halogens is 5. The Morgan fingerprint density at radius 1 is 1.13 bits per heavy atom. The number of nitro benzene ring substituents is 1. The Kier molecular flexibility index (Phi) is 6.41. The minimum Gasteiger partial charge on any atom is -0.490 e. The molecule has 2 aromatic carbocycles. The fourth-order valence-corrected chi connectivity index (χ4v) is 3.55. The summed E-state index contributed by atoms with van der Waals surface area (Å²) < 4.78 is 96.9. The predicted molar refractivity (Wildman–Crippen MR) is 92.1 cm³/mol. The lowest BCUT2D eigenvalue weighted by atomic mass is 10.1. The molecule has 0 heterocycles. The number of benzene rings is 2. The number of allylic oxidation sites excluding steroid dienone is 1. The third-order valence-corrected chi connectivity index (χ3v) is 5.35. The van der Waals surface area contributed by atoms with Crippen LogP contribution in [-0.2, 0) is 15.6 Å². The molecule has 30 heavy (non-hydrogen) atoms. The molecular weight excluding hydrogens is 439 g/mol. The van der Waals surface area contributed by atoms with Crippen LogP contribution >= 0.6 is 0 Å². The zero-order valence-corrected chi connectivity index (χ0v) is 15.6. The molecule has 0 N–H and O–H groups in total. The van der Waals surface area contributed by atoms with E-state index in [-0.39, 0.29) is 17.4 Å². The highest BCUT2D eigenvalue weighted by Crippen LogP contribution is 2.30. The van der Waals surface area contributed by atoms with E-state index < -0.39 is 65.8 Å². The predicted octanol–water partition coefficient (Wildman–Crippen LogP) is 3.78. The number of nitro groups is 1. The van der Waals surface area contributed by atoms with Crippen molar-refractivity contribution < 1.29 is 40.0 Å². The molecule has 2 rings (SSSR count). The summed E-state index contributed by atoms with van der Waals surface area (Å²) in [6.45, 7) is 0. The van der Waals surface area contributed by atoms with Crippen LogP contribution in [0.4, 0.5) is 27.6 Å². The van der Waals surface area contributed by atoms with E-state index in [4.69, 9.17) is 10.00 Å². The van der Waals surface area contributed by atoms with Crippen LogP contribution in [0, 0.1) is 50.5 Å². The first kappa shape index (κ1) is 22.8. The van der Waals surface area contributed by atoms with E-state index >= 15 is 0 Å². The molecule has 0 aliphatic rings. The highest BCUT2D eigenvalue weighted by atomic mass is 32.2. The second kappa shape index (κ2) is 8.46. The van der Waals surface area contributed by atoms with Crippen LogP contribution in [0.25, 0.3) is 6.08 Å². The van der Waals surface area contributed by atoms with Gasteiger partial charge >= 0.3 is 5.69 Å². The molecule has 158 valence electrons. The maximum atomic E-state index is 13.8. The molecule has 0 spiro atoms. The van der Waals surface area contributed by atoms with Gasteiger partial charge in [-0.2, -0.15) is 5.26 Å². The molecule has 2 aromatic rings. The third kappa shape index (κ3) is 4.23. The van der Waals surface area contributed by atoms with E-state index in [0.717, 1.165) is 31.4 Å². The number of nitrogens with zero attached hydrogens (tertiary/aromatic N) is 2. The minimum atomic E-state index is -4.69. The van der Waals surface area contributed by atoms with Crippen LogP contribution < -0.4 is 4.74 Å². The summed E-state index contributed by atoms with van der Waals surface area (Å²) in [7, 11) is -3.55. The highest BCUT2D eigenvalue weighted by molar-refractivity contribution is 7.95. The van der Waals surface area contributed by atoms with Crippen LogP contribution in [0.5, 0.6) is 5.75 Å². The lowest BCUT2D eigenvalue weighted by Crippen LogP contribution is -2.09. The van der Waals surface area contributed by atoms with Gasteiger partial charge in [-0.15, -0.1) is 0 Å². The maximum Gasteiger partial charge on any atom is 0.311 e. The topological polar surface area (TPSA) is 110 Å². The van der Waals surface area contributed by atoms with Gasteiger partial charge in [-0.1, -0.05) is 6.07 Å². The van der Waals surface area contributed by atoms with Crippen molar-refractivity contribution in [3.63, 3.8) is 0 Å². The Labute approximate surface area is 165 Å². The zero-order valence-electron chi connectivity index (χ0n) is 14.8. The first-order chi connectivity index (χ1) is 13.9. The summed E-state index contributed by atoms with van der Waals surface area (Å²) >= 11 is 0. The van der Waals surface area contributed by atoms with Crippen molar-refractivity contribution in [3.8, 4) is 11.8 Å². The third-order valence-electron chi connectivity index (χ3n) is 3.76. The number of rotatable bonds is 6. The molecular formula is C17H9F5N2O5S. The molecule has 0 aromatic heterocycles. The van der Waals surface area contributed by atoms with Crippen LogP contribution in [0.15, 0.2) is 23.1 Å². The molecule has 13 heteroatoms. The van der Waals surface area contributed by atoms with Gasteiger partial charge in [0.25, 0.3) is 0 Å². The zero-order chi connectivity index (χ0) is 22.8. The van der Waals surface area contributed by atoms with Crippen LogP contribution in [0.1, 0.15) is 11.1 Å². The van der Waals surface area contributed by atoms with Gasteiger partial charge in [0.1, 0.15) is 11.0 Å². The normalized spacial score (nSPS) is 11.8. The van der Waals surface area contributed by atoms with Crippen LogP contribution in [0.3, 0.4) is 0 Å². The molecule has 0 radical (unpaired) electrons. The average molecular weight is 448 g/mol. The number of hydrogen-bond acceptors (Lipinski definition) is 6. The smallest absolute Gasteiger partial charge is 0.311 e. The van der Waals surface area contributed by atoms with E-state index in [1.165, 1.54) is 0 Å². The fourth-order valence-electron chi connectivity index (χ4n) is 2.34. The van der Waals surface area contributed by atoms with E-state index in [1.807, 2.05) is 0 Å². The standard InChI is InChI=1S/C17H9F5N2O5S/c1-29-12-3-2-8(4-11(12)24(25)26)7-30(27,28)9(6-23)5-10-13(18)15(20)17(22)16(21)14(10)19/h2-5H,7H2,1H3. The van der Waals surface area contributed by atoms with Crippen molar-refractivity contribution in [3.05, 3.63) is 73.4 Å². The largest absolute Gasteiger partial charge is 0.490 e. The van der Waals surface area contributed by atoms with Gasteiger partial charge in [0.15, 0.2) is 38.9 Å². The van der Waals surface area contributed by atoms with Gasteiger partial charge in [0.2, 0.25) is 5.82 Å². The van der Waals surface area contributed by atoms with Crippen molar-refractivity contribution in [2.75, 3.05) is 7.11 Å². The average Bonchev–Trinajstić information content (AvgIpc) is 2.70. The quantitative estimate of drug-likeness (QED) is 0.166. The molecule has 7 nitrogen and oxygen atoms in total. The Bertz CT molecular complexity index is 1190. The highest BCUT2D eigenvalue weighted by Gasteiger charge is 2.28. The molecule has 0 bridgehead atoms. The maximum absolute atomic E-state index is 13.8. The molecule has 0 saturated heterocycles. The molecule has 0 unspecified atom stereocenters. The van der Waals surface area contributed by atoms with Gasteiger partial charge in [-0.25, -0.2) is 30.4 Å². The van der Waals surface area contributed by atoms with Crippen molar-refractivity contribution >= 4 is 21.6 Å². The Morgan fingerprint density at radius 2 is 1.67 bits per heavy atom. The summed E-state index contributed by atoms with van der Waals surface area (Å²) in [5.41, 5.74) is -2.40. The van der Waals surface area contributed by atoms with Crippen LogP contribution in [0.2, 0.25) is 0 Å². The number of ether oxygens (including phenoxy) is 1. The Hall–Kier alpha value is -3.53. The van der Waals surface area contributed by atoms with E-state index in [1.54, 1.807) is 0 Å². The van der Waals surface area contributed by atoms with Crippen molar-refractivity contribution in [2.45, 2.75) is 5.75 Å². The first-order valence-corrected chi connectivity index (χ1v) is 9.27. The molecule has 0 atom stereocenters. The monoisotopic (exact) mass is 448 g/mol. The van der Waals surface area contributed by atoms with Gasteiger partial charge in [0.05, 0.1) is 23.3 Å². The van der Waals surface area contributed by atoms with Crippen molar-refractivity contribution in [1.82, 2.24) is 0 Å².